The van der Waals surface area contributed by atoms with Crippen LogP contribution >= 0.6 is 11.8 Å². The lowest BCUT2D eigenvalue weighted by atomic mass is 10.2. The van der Waals surface area contributed by atoms with Crippen LogP contribution < -0.4 is 10.9 Å². The molecule has 2 aromatic rings. The number of rotatable bonds is 6. The van der Waals surface area contributed by atoms with Crippen molar-refractivity contribution < 1.29 is 4.79 Å². The summed E-state index contributed by atoms with van der Waals surface area (Å²) in [5.74, 6) is 0.0278. The number of nitrogens with one attached hydrogen (secondary N) is 1. The largest absolute Gasteiger partial charge is 0.352 e. The number of aromatic nitrogens is 2. The summed E-state index contributed by atoms with van der Waals surface area (Å²) in [5.41, 5.74) is 0.652. The van der Waals surface area contributed by atoms with Gasteiger partial charge >= 0.3 is 0 Å². The van der Waals surface area contributed by atoms with Crippen molar-refractivity contribution in [1.82, 2.24) is 14.9 Å². The van der Waals surface area contributed by atoms with E-state index in [0.29, 0.717) is 22.1 Å². The average molecular weight is 374 g/mol. The van der Waals surface area contributed by atoms with Gasteiger partial charge in [-0.2, -0.15) is 0 Å². The zero-order valence-corrected chi connectivity index (χ0v) is 16.5. The minimum absolute atomic E-state index is 0.0278. The molecule has 1 aromatic carbocycles. The van der Waals surface area contributed by atoms with E-state index in [0.717, 1.165) is 19.3 Å². The fourth-order valence-corrected chi connectivity index (χ4v) is 4.40. The Labute approximate surface area is 158 Å². The Kier molecular flexibility index (Phi) is 6.01. The number of amides is 1. The van der Waals surface area contributed by atoms with Crippen molar-refractivity contribution in [3.8, 4) is 0 Å². The summed E-state index contributed by atoms with van der Waals surface area (Å²) < 4.78 is 1.74. The molecule has 5 nitrogen and oxygen atoms in total. The molecule has 2 atom stereocenters. The van der Waals surface area contributed by atoms with E-state index in [4.69, 9.17) is 4.98 Å². The third-order valence-electron chi connectivity index (χ3n) is 5.16. The zero-order valence-electron chi connectivity index (χ0n) is 15.7. The van der Waals surface area contributed by atoms with Crippen molar-refractivity contribution in [2.24, 2.45) is 0 Å². The number of nitrogens with zero attached hydrogens (tertiary/aromatic N) is 2. The summed E-state index contributed by atoms with van der Waals surface area (Å²) in [5, 5.41) is 4.09. The number of benzene rings is 1. The molecule has 1 N–H and O–H groups in total. The van der Waals surface area contributed by atoms with E-state index in [9.17, 15) is 9.59 Å². The lowest BCUT2D eigenvalue weighted by Gasteiger charge is -2.21. The van der Waals surface area contributed by atoms with Crippen LogP contribution in [0.4, 0.5) is 0 Å². The molecule has 0 saturated heterocycles. The highest BCUT2D eigenvalue weighted by Crippen LogP contribution is 2.26. The Morgan fingerprint density at radius 1 is 1.31 bits per heavy atom. The van der Waals surface area contributed by atoms with E-state index < -0.39 is 0 Å². The molecule has 3 rings (SSSR count). The van der Waals surface area contributed by atoms with E-state index in [2.05, 4.69) is 12.2 Å². The van der Waals surface area contributed by atoms with Gasteiger partial charge in [-0.1, -0.05) is 43.7 Å². The van der Waals surface area contributed by atoms with Crippen LogP contribution in [0.2, 0.25) is 0 Å². The Morgan fingerprint density at radius 3 is 2.69 bits per heavy atom. The number of thioether (sulfide) groups is 1. The number of fused-ring (bicyclic) bond motifs is 1. The standard InChI is InChI=1S/C20H27N3O2S/c1-4-13(2)23-19(25)16-11-7-8-12-17(16)22-20(23)26-14(3)18(24)21-15-9-5-6-10-15/h7-8,11-15H,4-6,9-10H2,1-3H3,(H,21,24)/t13-,14+/m1/s1. The van der Waals surface area contributed by atoms with Gasteiger partial charge in [0.1, 0.15) is 0 Å². The molecule has 0 spiro atoms. The minimum atomic E-state index is -0.293. The summed E-state index contributed by atoms with van der Waals surface area (Å²) in [6, 6.07) is 7.74. The van der Waals surface area contributed by atoms with Crippen LogP contribution in [0.25, 0.3) is 10.9 Å². The van der Waals surface area contributed by atoms with Crippen LogP contribution in [0.15, 0.2) is 34.2 Å². The van der Waals surface area contributed by atoms with Gasteiger partial charge in [0.25, 0.3) is 5.56 Å². The van der Waals surface area contributed by atoms with E-state index >= 15 is 0 Å². The molecular weight excluding hydrogens is 346 g/mol. The van der Waals surface area contributed by atoms with E-state index in [1.165, 1.54) is 24.6 Å². The van der Waals surface area contributed by atoms with Gasteiger partial charge in [0.2, 0.25) is 5.91 Å². The molecule has 1 saturated carbocycles. The number of hydrogen-bond donors (Lipinski definition) is 1. The molecule has 1 aliphatic rings. The minimum Gasteiger partial charge on any atom is -0.352 e. The third kappa shape index (κ3) is 3.95. The monoisotopic (exact) mass is 373 g/mol. The molecule has 0 unspecified atom stereocenters. The quantitative estimate of drug-likeness (QED) is 0.616. The molecule has 6 heteroatoms. The average Bonchev–Trinajstić information content (AvgIpc) is 3.14. The number of hydrogen-bond acceptors (Lipinski definition) is 4. The molecule has 0 bridgehead atoms. The van der Waals surface area contributed by atoms with Crippen molar-refractivity contribution in [3.05, 3.63) is 34.6 Å². The first kappa shape index (κ1) is 19.0. The van der Waals surface area contributed by atoms with Crippen molar-refractivity contribution in [2.45, 2.75) is 75.4 Å². The fraction of sp³-hybridized carbons (Fsp3) is 0.550. The maximum absolute atomic E-state index is 13.0. The van der Waals surface area contributed by atoms with E-state index in [1.54, 1.807) is 4.57 Å². The molecule has 1 aliphatic carbocycles. The van der Waals surface area contributed by atoms with Crippen LogP contribution in [-0.4, -0.2) is 26.8 Å². The van der Waals surface area contributed by atoms with Crippen LogP contribution in [0.3, 0.4) is 0 Å². The molecular formula is C20H27N3O2S. The molecule has 1 aromatic heterocycles. The van der Waals surface area contributed by atoms with Crippen molar-refractivity contribution in [3.63, 3.8) is 0 Å². The van der Waals surface area contributed by atoms with Crippen LogP contribution in [0.5, 0.6) is 0 Å². The fourth-order valence-electron chi connectivity index (χ4n) is 3.38. The maximum atomic E-state index is 13.0. The first-order valence-corrected chi connectivity index (χ1v) is 10.4. The van der Waals surface area contributed by atoms with Gasteiger partial charge in [-0.3, -0.25) is 14.2 Å². The molecule has 1 fully saturated rings. The highest BCUT2D eigenvalue weighted by molar-refractivity contribution is 8.00. The smallest absolute Gasteiger partial charge is 0.262 e. The first-order valence-electron chi connectivity index (χ1n) is 9.49. The second-order valence-electron chi connectivity index (χ2n) is 7.09. The Hall–Kier alpha value is -1.82. The normalized spacial score (nSPS) is 17.3. The Bertz CT molecular complexity index is 843. The van der Waals surface area contributed by atoms with Gasteiger partial charge < -0.3 is 5.32 Å². The Balaban J connectivity index is 1.90. The summed E-state index contributed by atoms with van der Waals surface area (Å²) >= 11 is 1.37. The number of carbonyl (C=O) groups excluding carboxylic acids is 1. The molecule has 1 amide bonds. The SMILES string of the molecule is CC[C@@H](C)n1c(S[C@@H](C)C(=O)NC2CCCC2)nc2ccccc2c1=O. The Morgan fingerprint density at radius 2 is 2.00 bits per heavy atom. The highest BCUT2D eigenvalue weighted by Gasteiger charge is 2.24. The molecule has 140 valence electrons. The summed E-state index contributed by atoms with van der Waals surface area (Å²) in [7, 11) is 0. The van der Waals surface area contributed by atoms with Gasteiger partial charge in [0.15, 0.2) is 5.16 Å². The second-order valence-corrected chi connectivity index (χ2v) is 8.40. The highest BCUT2D eigenvalue weighted by atomic mass is 32.2. The van der Waals surface area contributed by atoms with Gasteiger partial charge in [0, 0.05) is 12.1 Å². The maximum Gasteiger partial charge on any atom is 0.262 e. The predicted molar refractivity (Wildman–Crippen MR) is 107 cm³/mol. The molecule has 1 heterocycles. The topological polar surface area (TPSA) is 64.0 Å². The molecule has 26 heavy (non-hydrogen) atoms. The second kappa shape index (κ2) is 8.25. The van der Waals surface area contributed by atoms with Crippen LogP contribution in [0.1, 0.15) is 58.9 Å². The lowest BCUT2D eigenvalue weighted by Crippen LogP contribution is -2.38. The lowest BCUT2D eigenvalue weighted by molar-refractivity contribution is -0.120. The first-order chi connectivity index (χ1) is 12.5. The van der Waals surface area contributed by atoms with Crippen LogP contribution in [0, 0.1) is 0 Å². The van der Waals surface area contributed by atoms with Gasteiger partial charge in [-0.25, -0.2) is 4.98 Å². The summed E-state index contributed by atoms with van der Waals surface area (Å²) in [4.78, 5) is 30.2. The van der Waals surface area contributed by atoms with Gasteiger partial charge in [0.05, 0.1) is 16.2 Å². The molecule has 0 aliphatic heterocycles. The number of para-hydroxylation sites is 1. The summed E-state index contributed by atoms with van der Waals surface area (Å²) in [6.07, 6.45) is 5.33. The number of carbonyl (C=O) groups is 1. The zero-order chi connectivity index (χ0) is 18.7. The third-order valence-corrected chi connectivity index (χ3v) is 6.23. The van der Waals surface area contributed by atoms with Crippen molar-refractivity contribution >= 4 is 28.6 Å². The van der Waals surface area contributed by atoms with Crippen LogP contribution in [-0.2, 0) is 4.79 Å². The van der Waals surface area contributed by atoms with Crippen molar-refractivity contribution in [2.75, 3.05) is 0 Å². The van der Waals surface area contributed by atoms with Gasteiger partial charge in [-0.15, -0.1) is 0 Å². The van der Waals surface area contributed by atoms with E-state index in [-0.39, 0.29) is 22.8 Å². The van der Waals surface area contributed by atoms with Gasteiger partial charge in [-0.05, 0) is 45.2 Å². The van der Waals surface area contributed by atoms with Crippen molar-refractivity contribution in [1.29, 1.82) is 0 Å². The molecule has 0 radical (unpaired) electrons. The predicted octanol–water partition coefficient (Wildman–Crippen LogP) is 3.91. The van der Waals surface area contributed by atoms with E-state index in [1.807, 2.05) is 38.1 Å². The summed E-state index contributed by atoms with van der Waals surface area (Å²) in [6.45, 7) is 5.96.